The van der Waals surface area contributed by atoms with Gasteiger partial charge in [0, 0.05) is 20.1 Å². The molecule has 24 heavy (non-hydrogen) atoms. The van der Waals surface area contributed by atoms with Crippen molar-refractivity contribution in [2.45, 2.75) is 70.5 Å². The first-order valence-electron chi connectivity index (χ1n) is 8.93. The van der Waals surface area contributed by atoms with Crippen molar-refractivity contribution in [3.63, 3.8) is 0 Å². The monoisotopic (exact) mass is 473 g/mol. The summed E-state index contributed by atoms with van der Waals surface area (Å²) in [7, 11) is -1.37. The fourth-order valence-electron chi connectivity index (χ4n) is 2.90. The Balaban J connectivity index is 0.00000529. The number of guanidine groups is 1. The maximum atomic E-state index is 12.1. The Morgan fingerprint density at radius 3 is 2.21 bits per heavy atom. The third-order valence-corrected chi connectivity index (χ3v) is 7.23. The van der Waals surface area contributed by atoms with Crippen molar-refractivity contribution in [2.75, 3.05) is 25.9 Å². The summed E-state index contributed by atoms with van der Waals surface area (Å²) < 4.78 is 23.4. The zero-order chi connectivity index (χ0) is 17.3. The summed E-state index contributed by atoms with van der Waals surface area (Å²) in [5.74, 6) is 1.72. The van der Waals surface area contributed by atoms with Gasteiger partial charge in [-0.05, 0) is 39.5 Å². The van der Waals surface area contributed by atoms with Gasteiger partial charge in [0.05, 0.1) is 10.5 Å². The van der Waals surface area contributed by atoms with E-state index in [9.17, 15) is 8.42 Å². The number of rotatable bonds is 7. The minimum atomic E-state index is -3.09. The summed E-state index contributed by atoms with van der Waals surface area (Å²) in [5.41, 5.74) is 0. The van der Waals surface area contributed by atoms with Crippen LogP contribution in [0.1, 0.15) is 65.7 Å². The molecule has 0 aliphatic heterocycles. The number of halogens is 1. The van der Waals surface area contributed by atoms with E-state index in [0.717, 1.165) is 18.9 Å². The van der Waals surface area contributed by atoms with E-state index >= 15 is 0 Å². The van der Waals surface area contributed by atoms with Crippen molar-refractivity contribution in [1.82, 2.24) is 10.6 Å². The molecule has 0 bridgehead atoms. The number of nitrogens with zero attached hydrogens (tertiary/aromatic N) is 1. The summed E-state index contributed by atoms with van der Waals surface area (Å²) in [6.45, 7) is 6.49. The summed E-state index contributed by atoms with van der Waals surface area (Å²) in [5, 5.41) is 6.37. The van der Waals surface area contributed by atoms with Gasteiger partial charge in [-0.15, -0.1) is 24.0 Å². The van der Waals surface area contributed by atoms with Crippen LogP contribution in [0.4, 0.5) is 0 Å². The second-order valence-corrected chi connectivity index (χ2v) is 10.4. The van der Waals surface area contributed by atoms with E-state index in [2.05, 4.69) is 15.6 Å². The molecular weight excluding hydrogens is 437 g/mol. The zero-order valence-electron chi connectivity index (χ0n) is 15.7. The van der Waals surface area contributed by atoms with E-state index in [0.29, 0.717) is 12.5 Å². The highest BCUT2D eigenvalue weighted by Gasteiger charge is 2.28. The highest BCUT2D eigenvalue weighted by atomic mass is 127. The van der Waals surface area contributed by atoms with E-state index in [-0.39, 0.29) is 29.7 Å². The molecule has 0 amide bonds. The number of aliphatic imine (C=N–C) groups is 1. The Kier molecular flexibility index (Phi) is 11.5. The van der Waals surface area contributed by atoms with Gasteiger partial charge in [-0.2, -0.15) is 0 Å². The molecule has 144 valence electrons. The molecule has 5 nitrogen and oxygen atoms in total. The molecule has 1 rings (SSSR count). The third-order valence-electron chi connectivity index (χ3n) is 4.63. The van der Waals surface area contributed by atoms with Crippen LogP contribution in [0.5, 0.6) is 0 Å². The normalized spacial score (nSPS) is 17.2. The predicted octanol–water partition coefficient (Wildman–Crippen LogP) is 3.34. The predicted molar refractivity (Wildman–Crippen MR) is 114 cm³/mol. The van der Waals surface area contributed by atoms with E-state index < -0.39 is 14.6 Å². The zero-order valence-corrected chi connectivity index (χ0v) is 18.9. The second-order valence-electron chi connectivity index (χ2n) is 7.50. The molecule has 0 unspecified atom stereocenters. The first-order chi connectivity index (χ1) is 10.8. The van der Waals surface area contributed by atoms with Gasteiger partial charge in [-0.25, -0.2) is 8.42 Å². The number of nitrogens with one attached hydrogen (secondary N) is 2. The topological polar surface area (TPSA) is 70.6 Å². The van der Waals surface area contributed by atoms with E-state index in [1.165, 1.54) is 38.5 Å². The summed E-state index contributed by atoms with van der Waals surface area (Å²) in [6.07, 6.45) is 9.39. The molecular formula is C17H36IN3O2S. The van der Waals surface area contributed by atoms with Gasteiger partial charge in [-0.3, -0.25) is 4.99 Å². The van der Waals surface area contributed by atoms with Crippen LogP contribution in [0.3, 0.4) is 0 Å². The molecule has 0 atom stereocenters. The second kappa shape index (κ2) is 11.5. The van der Waals surface area contributed by atoms with Gasteiger partial charge >= 0.3 is 0 Å². The number of hydrogen-bond acceptors (Lipinski definition) is 3. The van der Waals surface area contributed by atoms with Crippen molar-refractivity contribution in [3.8, 4) is 0 Å². The van der Waals surface area contributed by atoms with Crippen molar-refractivity contribution in [3.05, 3.63) is 0 Å². The lowest BCUT2D eigenvalue weighted by Gasteiger charge is -2.22. The fraction of sp³-hybridized carbons (Fsp3) is 0.941. The van der Waals surface area contributed by atoms with Gasteiger partial charge in [0.15, 0.2) is 15.8 Å². The molecule has 0 aromatic carbocycles. The summed E-state index contributed by atoms with van der Waals surface area (Å²) in [6, 6.07) is 0. The average molecular weight is 473 g/mol. The molecule has 0 aromatic rings. The molecule has 1 fully saturated rings. The number of hydrogen-bond donors (Lipinski definition) is 2. The molecule has 0 radical (unpaired) electrons. The first kappa shape index (κ1) is 23.9. The average Bonchev–Trinajstić information content (AvgIpc) is 2.49. The molecule has 0 spiro atoms. The molecule has 0 aromatic heterocycles. The maximum absolute atomic E-state index is 12.1. The van der Waals surface area contributed by atoms with Gasteiger partial charge in [0.2, 0.25) is 0 Å². The quantitative estimate of drug-likeness (QED) is 0.258. The molecule has 1 aliphatic rings. The summed E-state index contributed by atoms with van der Waals surface area (Å²) in [4.78, 5) is 4.15. The van der Waals surface area contributed by atoms with Gasteiger partial charge in [-0.1, -0.05) is 32.1 Å². The molecule has 0 saturated heterocycles. The SMILES string of the molecule is CN=C(NCCCC1CCCCC1)NCCS(=O)(=O)C(C)(C)C.I. The largest absolute Gasteiger partial charge is 0.356 e. The first-order valence-corrected chi connectivity index (χ1v) is 10.6. The highest BCUT2D eigenvalue weighted by molar-refractivity contribution is 14.0. The standard InChI is InChI=1S/C17H35N3O2S.HI/c1-17(2,3)23(21,22)14-13-20-16(18-4)19-12-8-11-15-9-6-5-7-10-15;/h15H,5-14H2,1-4H3,(H2,18,19,20);1H. The van der Waals surface area contributed by atoms with Crippen molar-refractivity contribution < 1.29 is 8.42 Å². The van der Waals surface area contributed by atoms with Crippen LogP contribution in [-0.2, 0) is 9.84 Å². The third kappa shape index (κ3) is 8.87. The minimum absolute atomic E-state index is 0. The van der Waals surface area contributed by atoms with Crippen LogP contribution >= 0.6 is 24.0 Å². The lowest BCUT2D eigenvalue weighted by atomic mass is 9.86. The van der Waals surface area contributed by atoms with Crippen LogP contribution in [0.15, 0.2) is 4.99 Å². The number of sulfone groups is 1. The van der Waals surface area contributed by atoms with Gasteiger partial charge < -0.3 is 10.6 Å². The molecule has 2 N–H and O–H groups in total. The maximum Gasteiger partial charge on any atom is 0.191 e. The van der Waals surface area contributed by atoms with Crippen molar-refractivity contribution >= 4 is 39.8 Å². The van der Waals surface area contributed by atoms with Crippen LogP contribution in [-0.4, -0.2) is 45.0 Å². The van der Waals surface area contributed by atoms with Crippen molar-refractivity contribution in [2.24, 2.45) is 10.9 Å². The van der Waals surface area contributed by atoms with Crippen LogP contribution in [0.25, 0.3) is 0 Å². The van der Waals surface area contributed by atoms with Crippen LogP contribution in [0, 0.1) is 5.92 Å². The fourth-order valence-corrected chi connectivity index (χ4v) is 3.89. The van der Waals surface area contributed by atoms with Crippen LogP contribution < -0.4 is 10.6 Å². The van der Waals surface area contributed by atoms with E-state index in [1.807, 2.05) is 0 Å². The Morgan fingerprint density at radius 1 is 1.08 bits per heavy atom. The minimum Gasteiger partial charge on any atom is -0.356 e. The van der Waals surface area contributed by atoms with Gasteiger partial charge in [0.25, 0.3) is 0 Å². The lowest BCUT2D eigenvalue weighted by molar-refractivity contribution is 0.332. The van der Waals surface area contributed by atoms with Crippen LogP contribution in [0.2, 0.25) is 0 Å². The Bertz CT molecular complexity index is 467. The Labute approximate surface area is 165 Å². The molecule has 1 saturated carbocycles. The molecule has 0 heterocycles. The molecule has 1 aliphatic carbocycles. The van der Waals surface area contributed by atoms with Gasteiger partial charge in [0.1, 0.15) is 0 Å². The smallest absolute Gasteiger partial charge is 0.191 e. The van der Waals surface area contributed by atoms with E-state index in [4.69, 9.17) is 0 Å². The summed E-state index contributed by atoms with van der Waals surface area (Å²) >= 11 is 0. The van der Waals surface area contributed by atoms with E-state index in [1.54, 1.807) is 27.8 Å². The molecule has 7 heteroatoms. The Hall–Kier alpha value is -0.0500. The van der Waals surface area contributed by atoms with Crippen molar-refractivity contribution in [1.29, 1.82) is 0 Å². The Morgan fingerprint density at radius 2 is 1.67 bits per heavy atom. The lowest BCUT2D eigenvalue weighted by Crippen LogP contribution is -2.42. The highest BCUT2D eigenvalue weighted by Crippen LogP contribution is 2.26.